The summed E-state index contributed by atoms with van der Waals surface area (Å²) in [6, 6.07) is 14.8. The molecule has 0 bridgehead atoms. The lowest BCUT2D eigenvalue weighted by Crippen LogP contribution is -2.29. The van der Waals surface area contributed by atoms with Gasteiger partial charge in [0.25, 0.3) is 0 Å². The SMILES string of the molecule is CC(C)(C)C1=CC2C(=C1)CCC2(C)C1c2ccc(C(C)(C)C)cc2-c2cc(C(C)(C)C)ccc21. The van der Waals surface area contributed by atoms with Crippen molar-refractivity contribution < 1.29 is 0 Å². The summed E-state index contributed by atoms with van der Waals surface area (Å²) in [4.78, 5) is 0. The van der Waals surface area contributed by atoms with Gasteiger partial charge in [0.05, 0.1) is 0 Å². The van der Waals surface area contributed by atoms with E-state index < -0.39 is 0 Å². The van der Waals surface area contributed by atoms with Crippen LogP contribution in [0.1, 0.15) is 110 Å². The molecule has 1 saturated carbocycles. The van der Waals surface area contributed by atoms with Crippen molar-refractivity contribution in [3.63, 3.8) is 0 Å². The highest BCUT2D eigenvalue weighted by Gasteiger charge is 2.52. The van der Waals surface area contributed by atoms with Gasteiger partial charge in [0, 0.05) is 11.8 Å². The predicted molar refractivity (Wildman–Crippen MR) is 148 cm³/mol. The topological polar surface area (TPSA) is 0 Å². The highest BCUT2D eigenvalue weighted by molar-refractivity contribution is 5.81. The van der Waals surface area contributed by atoms with E-state index in [9.17, 15) is 0 Å². The van der Waals surface area contributed by atoms with Gasteiger partial charge < -0.3 is 0 Å². The molecule has 2 aromatic carbocycles. The first-order valence-electron chi connectivity index (χ1n) is 13.3. The number of fused-ring (bicyclic) bond motifs is 4. The number of benzene rings is 2. The second kappa shape index (κ2) is 7.22. The van der Waals surface area contributed by atoms with Crippen LogP contribution in [0.5, 0.6) is 0 Å². The maximum Gasteiger partial charge on any atom is 0.0164 e. The molecule has 3 aliphatic rings. The van der Waals surface area contributed by atoms with Crippen molar-refractivity contribution in [1.29, 1.82) is 0 Å². The first-order valence-corrected chi connectivity index (χ1v) is 13.3. The second-order valence-electron chi connectivity index (χ2n) is 14.6. The second-order valence-corrected chi connectivity index (χ2v) is 14.6. The first-order chi connectivity index (χ1) is 15.6. The van der Waals surface area contributed by atoms with E-state index in [-0.39, 0.29) is 21.7 Å². The molecule has 0 aliphatic heterocycles. The fourth-order valence-corrected chi connectivity index (χ4v) is 6.72. The normalized spacial score (nSPS) is 24.6. The highest BCUT2D eigenvalue weighted by atomic mass is 14.5. The van der Waals surface area contributed by atoms with E-state index in [2.05, 4.69) is 118 Å². The Morgan fingerprint density at radius 2 is 1.21 bits per heavy atom. The summed E-state index contributed by atoms with van der Waals surface area (Å²) in [5, 5.41) is 0. The zero-order chi connectivity index (χ0) is 24.8. The zero-order valence-electron chi connectivity index (χ0n) is 23.2. The molecule has 2 aromatic rings. The molecule has 2 unspecified atom stereocenters. The van der Waals surface area contributed by atoms with Crippen LogP contribution >= 0.6 is 0 Å². The lowest BCUT2D eigenvalue weighted by Gasteiger charge is -2.38. The molecule has 180 valence electrons. The molecule has 0 saturated heterocycles. The maximum absolute atomic E-state index is 2.63. The number of hydrogen-bond donors (Lipinski definition) is 0. The average Bonchev–Trinajstić information content (AvgIpc) is 3.37. The summed E-state index contributed by atoms with van der Waals surface area (Å²) in [5.74, 6) is 1.00. The van der Waals surface area contributed by atoms with E-state index in [4.69, 9.17) is 0 Å². The Labute approximate surface area is 208 Å². The van der Waals surface area contributed by atoms with Gasteiger partial charge in [0.2, 0.25) is 0 Å². The molecule has 0 N–H and O–H groups in total. The largest absolute Gasteiger partial charge is 0.0730 e. The molecule has 2 atom stereocenters. The average molecular weight is 453 g/mol. The van der Waals surface area contributed by atoms with Crippen molar-refractivity contribution in [2.24, 2.45) is 16.7 Å². The number of allylic oxidation sites excluding steroid dienone is 4. The smallest absolute Gasteiger partial charge is 0.0164 e. The summed E-state index contributed by atoms with van der Waals surface area (Å²) in [6.07, 6.45) is 7.67. The fourth-order valence-electron chi connectivity index (χ4n) is 6.72. The molecule has 0 heteroatoms. The Hall–Kier alpha value is -2.08. The highest BCUT2D eigenvalue weighted by Crippen LogP contribution is 2.64. The molecular formula is C34H44. The van der Waals surface area contributed by atoms with Crippen molar-refractivity contribution in [2.45, 2.75) is 98.8 Å². The van der Waals surface area contributed by atoms with E-state index >= 15 is 0 Å². The molecular weight excluding hydrogens is 408 g/mol. The molecule has 0 radical (unpaired) electrons. The molecule has 3 aliphatic carbocycles. The fraction of sp³-hybridized carbons (Fsp3) is 0.529. The Morgan fingerprint density at radius 3 is 1.65 bits per heavy atom. The minimum absolute atomic E-state index is 0.151. The summed E-state index contributed by atoms with van der Waals surface area (Å²) in [5.41, 5.74) is 12.9. The third-order valence-electron chi connectivity index (χ3n) is 9.03. The van der Waals surface area contributed by atoms with Crippen LogP contribution in [-0.2, 0) is 10.8 Å². The molecule has 0 spiro atoms. The van der Waals surface area contributed by atoms with E-state index in [0.717, 1.165) is 0 Å². The Balaban J connectivity index is 1.70. The van der Waals surface area contributed by atoms with Crippen LogP contribution in [0.25, 0.3) is 11.1 Å². The Morgan fingerprint density at radius 1 is 0.706 bits per heavy atom. The van der Waals surface area contributed by atoms with Crippen molar-refractivity contribution in [2.75, 3.05) is 0 Å². The molecule has 34 heavy (non-hydrogen) atoms. The van der Waals surface area contributed by atoms with Gasteiger partial charge in [-0.2, -0.15) is 0 Å². The van der Waals surface area contributed by atoms with Gasteiger partial charge in [-0.15, -0.1) is 0 Å². The van der Waals surface area contributed by atoms with Gasteiger partial charge in [-0.25, -0.2) is 0 Å². The van der Waals surface area contributed by atoms with Gasteiger partial charge in [0.1, 0.15) is 0 Å². The molecule has 1 fully saturated rings. The first kappa shape index (κ1) is 23.7. The van der Waals surface area contributed by atoms with Gasteiger partial charge in [-0.1, -0.05) is 123 Å². The van der Waals surface area contributed by atoms with Crippen molar-refractivity contribution >= 4 is 0 Å². The summed E-state index contributed by atoms with van der Waals surface area (Å²) >= 11 is 0. The van der Waals surface area contributed by atoms with E-state index in [0.29, 0.717) is 11.8 Å². The lowest BCUT2D eigenvalue weighted by atomic mass is 9.65. The van der Waals surface area contributed by atoms with E-state index in [1.54, 1.807) is 16.7 Å². The van der Waals surface area contributed by atoms with Crippen LogP contribution in [0.4, 0.5) is 0 Å². The Bertz CT molecular complexity index is 1150. The van der Waals surface area contributed by atoms with Crippen LogP contribution in [0, 0.1) is 16.7 Å². The zero-order valence-corrected chi connectivity index (χ0v) is 23.2. The van der Waals surface area contributed by atoms with Crippen molar-refractivity contribution in [3.05, 3.63) is 82.0 Å². The minimum Gasteiger partial charge on any atom is -0.0730 e. The van der Waals surface area contributed by atoms with Crippen LogP contribution in [0.2, 0.25) is 0 Å². The third-order valence-corrected chi connectivity index (χ3v) is 9.03. The summed E-state index contributed by atoms with van der Waals surface area (Å²) < 4.78 is 0. The molecule has 0 amide bonds. The van der Waals surface area contributed by atoms with Gasteiger partial charge >= 0.3 is 0 Å². The quantitative estimate of drug-likeness (QED) is 0.404. The lowest BCUT2D eigenvalue weighted by molar-refractivity contribution is 0.249. The third kappa shape index (κ3) is 3.55. The summed E-state index contributed by atoms with van der Waals surface area (Å²) in [7, 11) is 0. The minimum atomic E-state index is 0.151. The number of rotatable bonds is 1. The Kier molecular flexibility index (Phi) is 5.02. The molecule has 0 nitrogen and oxygen atoms in total. The van der Waals surface area contributed by atoms with Crippen LogP contribution in [0.15, 0.2) is 59.7 Å². The molecule has 0 aromatic heterocycles. The van der Waals surface area contributed by atoms with E-state index in [1.165, 1.54) is 40.7 Å². The standard InChI is InChI=1S/C34H44/c1-31(2,3)22-11-13-25-27(18-22)28-19-23(32(4,5)6)12-14-26(28)30(25)34(10)16-15-21-17-24(20-29(21)34)33(7,8)9/h11-14,17-20,29-30H,15-16H2,1-10H3. The van der Waals surface area contributed by atoms with Crippen LogP contribution in [0.3, 0.4) is 0 Å². The molecule has 0 heterocycles. The molecule has 5 rings (SSSR count). The van der Waals surface area contributed by atoms with Gasteiger partial charge in [-0.05, 0) is 73.5 Å². The predicted octanol–water partition coefficient (Wildman–Crippen LogP) is 9.72. The van der Waals surface area contributed by atoms with Crippen molar-refractivity contribution in [1.82, 2.24) is 0 Å². The maximum atomic E-state index is 2.63. The van der Waals surface area contributed by atoms with Crippen molar-refractivity contribution in [3.8, 4) is 11.1 Å². The monoisotopic (exact) mass is 452 g/mol. The summed E-state index contributed by atoms with van der Waals surface area (Å²) in [6.45, 7) is 23.7. The van der Waals surface area contributed by atoms with Crippen LogP contribution < -0.4 is 0 Å². The van der Waals surface area contributed by atoms with Crippen LogP contribution in [-0.4, -0.2) is 0 Å². The van der Waals surface area contributed by atoms with Gasteiger partial charge in [0.15, 0.2) is 0 Å². The van der Waals surface area contributed by atoms with Gasteiger partial charge in [-0.3, -0.25) is 0 Å². The van der Waals surface area contributed by atoms with E-state index in [1.807, 2.05) is 0 Å². The number of hydrogen-bond acceptors (Lipinski definition) is 0.